The predicted octanol–water partition coefficient (Wildman–Crippen LogP) is 2.57. The van der Waals surface area contributed by atoms with Crippen LogP contribution in [0.25, 0.3) is 0 Å². The lowest BCUT2D eigenvalue weighted by Crippen LogP contribution is -2.75. The third-order valence-corrected chi connectivity index (χ3v) is 6.10. The van der Waals surface area contributed by atoms with E-state index >= 15 is 0 Å². The van der Waals surface area contributed by atoms with E-state index in [1.165, 1.54) is 45.4 Å². The van der Waals surface area contributed by atoms with Gasteiger partial charge < -0.3 is 4.74 Å². The second-order valence-electron chi connectivity index (χ2n) is 9.38. The molecule has 0 saturated carbocycles. The van der Waals surface area contributed by atoms with Crippen LogP contribution in [-0.4, -0.2) is 54.4 Å². The van der Waals surface area contributed by atoms with Crippen LogP contribution in [0.1, 0.15) is 47.0 Å². The molecule has 5 aliphatic rings. The van der Waals surface area contributed by atoms with Crippen LogP contribution in [0.3, 0.4) is 0 Å². The SMILES string of the molecule is CC12CN3CC(C)(CN(C1)C3[C@@H]1CCOC(C)(C)C1)C2. The van der Waals surface area contributed by atoms with E-state index in [2.05, 4.69) is 37.5 Å². The summed E-state index contributed by atoms with van der Waals surface area (Å²) < 4.78 is 5.94. The zero-order valence-electron chi connectivity index (χ0n) is 13.6. The summed E-state index contributed by atoms with van der Waals surface area (Å²) in [6.07, 6.45) is 4.59. The Morgan fingerprint density at radius 3 is 1.95 bits per heavy atom. The molecule has 0 aromatic heterocycles. The van der Waals surface area contributed by atoms with Crippen molar-refractivity contribution in [3.63, 3.8) is 0 Å². The Morgan fingerprint density at radius 1 is 0.900 bits per heavy atom. The highest BCUT2D eigenvalue weighted by molar-refractivity contribution is 5.09. The monoisotopic (exact) mass is 278 g/mol. The molecular formula is C17H30N2O. The lowest BCUT2D eigenvalue weighted by atomic mass is 9.62. The molecule has 5 fully saturated rings. The molecular weight excluding hydrogens is 248 g/mol. The number of ether oxygens (including phenoxy) is 1. The Bertz CT molecular complexity index is 377. The Balaban J connectivity index is 1.59. The molecule has 0 N–H and O–H groups in total. The van der Waals surface area contributed by atoms with Crippen LogP contribution in [0.5, 0.6) is 0 Å². The van der Waals surface area contributed by atoms with Gasteiger partial charge in [-0.25, -0.2) is 0 Å². The van der Waals surface area contributed by atoms with Crippen molar-refractivity contribution in [1.29, 1.82) is 0 Å². The van der Waals surface area contributed by atoms with E-state index in [-0.39, 0.29) is 5.60 Å². The molecule has 0 unspecified atom stereocenters. The van der Waals surface area contributed by atoms with E-state index in [9.17, 15) is 0 Å². The van der Waals surface area contributed by atoms with Crippen molar-refractivity contribution in [1.82, 2.24) is 9.80 Å². The molecule has 5 heterocycles. The van der Waals surface area contributed by atoms with Crippen molar-refractivity contribution in [2.45, 2.75) is 58.7 Å². The van der Waals surface area contributed by atoms with Gasteiger partial charge in [-0.1, -0.05) is 13.8 Å². The van der Waals surface area contributed by atoms with Crippen molar-refractivity contribution in [2.75, 3.05) is 32.8 Å². The van der Waals surface area contributed by atoms with Crippen LogP contribution in [-0.2, 0) is 4.74 Å². The number of piperidine rings is 2. The van der Waals surface area contributed by atoms with Gasteiger partial charge in [0.25, 0.3) is 0 Å². The van der Waals surface area contributed by atoms with Gasteiger partial charge in [0.15, 0.2) is 0 Å². The molecule has 3 nitrogen and oxygen atoms in total. The number of hydrogen-bond acceptors (Lipinski definition) is 3. The number of hydrogen-bond donors (Lipinski definition) is 0. The summed E-state index contributed by atoms with van der Waals surface area (Å²) in [6, 6.07) is 0. The maximum atomic E-state index is 5.94. The van der Waals surface area contributed by atoms with Gasteiger partial charge in [0.1, 0.15) is 0 Å². The molecule has 5 saturated heterocycles. The zero-order valence-corrected chi connectivity index (χ0v) is 13.6. The molecule has 0 aliphatic carbocycles. The second kappa shape index (κ2) is 3.99. The van der Waals surface area contributed by atoms with Gasteiger partial charge in [-0.3, -0.25) is 9.80 Å². The largest absolute Gasteiger partial charge is 0.376 e. The Hall–Kier alpha value is -0.120. The van der Waals surface area contributed by atoms with Crippen LogP contribution < -0.4 is 0 Å². The lowest BCUT2D eigenvalue weighted by Gasteiger charge is -2.67. The topological polar surface area (TPSA) is 15.7 Å². The fourth-order valence-corrected chi connectivity index (χ4v) is 6.16. The molecule has 0 aromatic rings. The van der Waals surface area contributed by atoms with Crippen molar-refractivity contribution >= 4 is 0 Å². The molecule has 3 heteroatoms. The molecule has 5 aliphatic heterocycles. The van der Waals surface area contributed by atoms with Crippen molar-refractivity contribution < 1.29 is 4.74 Å². The molecule has 4 bridgehead atoms. The highest BCUT2D eigenvalue weighted by Crippen LogP contribution is 2.52. The van der Waals surface area contributed by atoms with Crippen LogP contribution >= 0.6 is 0 Å². The molecule has 0 aromatic carbocycles. The number of nitrogens with zero attached hydrogens (tertiary/aromatic N) is 2. The van der Waals surface area contributed by atoms with Crippen molar-refractivity contribution in [3.05, 3.63) is 0 Å². The third kappa shape index (κ3) is 2.05. The maximum Gasteiger partial charge on any atom is 0.0654 e. The summed E-state index contributed by atoms with van der Waals surface area (Å²) in [5.74, 6) is 0.797. The first-order chi connectivity index (χ1) is 9.28. The average Bonchev–Trinajstić information content (AvgIpc) is 2.22. The van der Waals surface area contributed by atoms with Crippen LogP contribution in [0.4, 0.5) is 0 Å². The first-order valence-electron chi connectivity index (χ1n) is 8.40. The van der Waals surface area contributed by atoms with Gasteiger partial charge in [-0.05, 0) is 49.9 Å². The second-order valence-corrected chi connectivity index (χ2v) is 9.38. The first-order valence-corrected chi connectivity index (χ1v) is 8.40. The standard InChI is InChI=1S/C17H30N2O/c1-15(2)7-13(5-6-20-15)14-18-9-16(3)8-17(4,11-18)12-19(14)10-16/h13-14H,5-12H2,1-4H3/t13-,14?,16?,17?/m1/s1. The molecule has 5 rings (SSSR count). The van der Waals surface area contributed by atoms with Crippen molar-refractivity contribution in [3.8, 4) is 0 Å². The molecule has 0 radical (unpaired) electrons. The maximum absolute atomic E-state index is 5.94. The molecule has 114 valence electrons. The van der Waals surface area contributed by atoms with Gasteiger partial charge in [0, 0.05) is 32.8 Å². The lowest BCUT2D eigenvalue weighted by molar-refractivity contribution is -0.220. The summed E-state index contributed by atoms with van der Waals surface area (Å²) in [5, 5.41) is 0. The smallest absolute Gasteiger partial charge is 0.0654 e. The van der Waals surface area contributed by atoms with Crippen molar-refractivity contribution in [2.24, 2.45) is 16.7 Å². The molecule has 0 spiro atoms. The summed E-state index contributed by atoms with van der Waals surface area (Å²) in [6.45, 7) is 15.8. The van der Waals surface area contributed by atoms with Gasteiger partial charge in [0.05, 0.1) is 11.8 Å². The minimum absolute atomic E-state index is 0.0770. The minimum atomic E-state index is 0.0770. The highest BCUT2D eigenvalue weighted by atomic mass is 16.5. The van der Waals surface area contributed by atoms with Crippen LogP contribution in [0.15, 0.2) is 0 Å². The van der Waals surface area contributed by atoms with E-state index in [4.69, 9.17) is 4.74 Å². The third-order valence-electron chi connectivity index (χ3n) is 6.10. The Labute approximate surface area is 123 Å². The summed E-state index contributed by atoms with van der Waals surface area (Å²) in [4.78, 5) is 5.64. The fourth-order valence-electron chi connectivity index (χ4n) is 6.16. The Kier molecular flexibility index (Phi) is 2.70. The van der Waals surface area contributed by atoms with E-state index in [0.29, 0.717) is 17.0 Å². The average molecular weight is 278 g/mol. The van der Waals surface area contributed by atoms with E-state index in [0.717, 1.165) is 12.5 Å². The van der Waals surface area contributed by atoms with Crippen LogP contribution in [0.2, 0.25) is 0 Å². The normalized spacial score (nSPS) is 57.0. The molecule has 20 heavy (non-hydrogen) atoms. The van der Waals surface area contributed by atoms with Gasteiger partial charge in [0.2, 0.25) is 0 Å². The van der Waals surface area contributed by atoms with E-state index in [1.807, 2.05) is 0 Å². The number of rotatable bonds is 1. The summed E-state index contributed by atoms with van der Waals surface area (Å²) >= 11 is 0. The quantitative estimate of drug-likeness (QED) is 0.733. The molecule has 0 amide bonds. The molecule has 1 atom stereocenters. The van der Waals surface area contributed by atoms with E-state index < -0.39 is 0 Å². The van der Waals surface area contributed by atoms with Crippen LogP contribution in [0, 0.1) is 16.7 Å². The summed E-state index contributed by atoms with van der Waals surface area (Å²) in [7, 11) is 0. The first kappa shape index (κ1) is 13.5. The van der Waals surface area contributed by atoms with Gasteiger partial charge in [-0.15, -0.1) is 0 Å². The minimum Gasteiger partial charge on any atom is -0.376 e. The van der Waals surface area contributed by atoms with Gasteiger partial charge >= 0.3 is 0 Å². The highest BCUT2D eigenvalue weighted by Gasteiger charge is 2.57. The predicted molar refractivity (Wildman–Crippen MR) is 80.5 cm³/mol. The fraction of sp³-hybridized carbons (Fsp3) is 1.00. The summed E-state index contributed by atoms with van der Waals surface area (Å²) in [5.41, 5.74) is 1.17. The van der Waals surface area contributed by atoms with E-state index in [1.54, 1.807) is 0 Å². The Morgan fingerprint density at radius 2 is 1.45 bits per heavy atom. The zero-order chi connectivity index (χ0) is 14.2. The van der Waals surface area contributed by atoms with Gasteiger partial charge in [-0.2, -0.15) is 0 Å².